The molecule has 88 valence electrons. The van der Waals surface area contributed by atoms with Crippen molar-refractivity contribution in [2.75, 3.05) is 25.1 Å². The van der Waals surface area contributed by atoms with E-state index in [4.69, 9.17) is 10.5 Å². The Morgan fingerprint density at radius 2 is 2.31 bits per heavy atom. The molecule has 0 saturated heterocycles. The number of nitrogens with two attached hydrogens (primary N) is 1. The second kappa shape index (κ2) is 4.74. The van der Waals surface area contributed by atoms with Crippen molar-refractivity contribution in [2.45, 2.75) is 25.8 Å². The second-order valence-corrected chi connectivity index (χ2v) is 4.48. The van der Waals surface area contributed by atoms with Gasteiger partial charge in [-0.25, -0.2) is 0 Å². The smallest absolute Gasteiger partial charge is 0.142 e. The fourth-order valence-electron chi connectivity index (χ4n) is 2.15. The zero-order valence-corrected chi connectivity index (χ0v) is 10.1. The monoisotopic (exact) mass is 220 g/mol. The average molecular weight is 220 g/mol. The van der Waals surface area contributed by atoms with Crippen LogP contribution < -0.4 is 15.4 Å². The van der Waals surface area contributed by atoms with Gasteiger partial charge >= 0.3 is 0 Å². The van der Waals surface area contributed by atoms with Crippen molar-refractivity contribution < 1.29 is 4.74 Å². The largest absolute Gasteiger partial charge is 0.489 e. The van der Waals surface area contributed by atoms with Crippen LogP contribution in [-0.4, -0.2) is 26.2 Å². The summed E-state index contributed by atoms with van der Waals surface area (Å²) in [5, 5.41) is 0. The van der Waals surface area contributed by atoms with Gasteiger partial charge in [0, 0.05) is 7.05 Å². The van der Waals surface area contributed by atoms with Crippen molar-refractivity contribution in [3.63, 3.8) is 0 Å². The van der Waals surface area contributed by atoms with E-state index in [0.29, 0.717) is 6.04 Å². The number of hydrogen-bond donors (Lipinski definition) is 1. The molecular formula is C13H20N2O. The van der Waals surface area contributed by atoms with Crippen molar-refractivity contribution in [1.29, 1.82) is 0 Å². The van der Waals surface area contributed by atoms with Crippen molar-refractivity contribution in [1.82, 2.24) is 0 Å². The fraction of sp³-hybridized carbons (Fsp3) is 0.538. The SMILES string of the molecule is Cc1ccc2c(c1)OCC(CCCN)N2C. The number of rotatable bonds is 3. The number of nitrogens with zero attached hydrogens (tertiary/aromatic N) is 1. The van der Waals surface area contributed by atoms with Gasteiger partial charge in [0.1, 0.15) is 12.4 Å². The zero-order chi connectivity index (χ0) is 11.5. The summed E-state index contributed by atoms with van der Waals surface area (Å²) in [6.45, 7) is 3.61. The van der Waals surface area contributed by atoms with Crippen LogP contribution in [-0.2, 0) is 0 Å². The number of fused-ring (bicyclic) bond motifs is 1. The van der Waals surface area contributed by atoms with E-state index in [1.54, 1.807) is 0 Å². The van der Waals surface area contributed by atoms with Crippen LogP contribution in [0.15, 0.2) is 18.2 Å². The van der Waals surface area contributed by atoms with E-state index in [2.05, 4.69) is 37.1 Å². The quantitative estimate of drug-likeness (QED) is 0.846. The van der Waals surface area contributed by atoms with Gasteiger partial charge < -0.3 is 15.4 Å². The Morgan fingerprint density at radius 3 is 3.06 bits per heavy atom. The molecule has 3 heteroatoms. The molecule has 1 aliphatic heterocycles. The van der Waals surface area contributed by atoms with E-state index < -0.39 is 0 Å². The van der Waals surface area contributed by atoms with Gasteiger partial charge in [0.2, 0.25) is 0 Å². The van der Waals surface area contributed by atoms with Crippen LogP contribution >= 0.6 is 0 Å². The lowest BCUT2D eigenvalue weighted by Crippen LogP contribution is -2.40. The molecule has 16 heavy (non-hydrogen) atoms. The minimum atomic E-state index is 0.457. The highest BCUT2D eigenvalue weighted by Crippen LogP contribution is 2.34. The molecule has 2 N–H and O–H groups in total. The Labute approximate surface area is 97.2 Å². The van der Waals surface area contributed by atoms with Crippen LogP contribution in [0, 0.1) is 6.92 Å². The summed E-state index contributed by atoms with van der Waals surface area (Å²) in [5.74, 6) is 1.01. The molecule has 1 aromatic rings. The number of benzene rings is 1. The lowest BCUT2D eigenvalue weighted by molar-refractivity contribution is 0.258. The van der Waals surface area contributed by atoms with E-state index in [0.717, 1.165) is 31.7 Å². The summed E-state index contributed by atoms with van der Waals surface area (Å²) in [7, 11) is 2.14. The molecule has 0 amide bonds. The Kier molecular flexibility index (Phi) is 3.34. The first-order valence-corrected chi connectivity index (χ1v) is 5.88. The standard InChI is InChI=1S/C13H20N2O/c1-10-5-6-12-13(8-10)16-9-11(15(12)2)4-3-7-14/h5-6,8,11H,3-4,7,9,14H2,1-2H3. The molecule has 1 unspecified atom stereocenters. The van der Waals surface area contributed by atoms with Crippen molar-refractivity contribution >= 4 is 5.69 Å². The van der Waals surface area contributed by atoms with Gasteiger partial charge in [-0.2, -0.15) is 0 Å². The lowest BCUT2D eigenvalue weighted by Gasteiger charge is -2.36. The minimum absolute atomic E-state index is 0.457. The van der Waals surface area contributed by atoms with Crippen LogP contribution in [0.5, 0.6) is 5.75 Å². The molecule has 0 aromatic heterocycles. The van der Waals surface area contributed by atoms with Gasteiger partial charge in [0.15, 0.2) is 0 Å². The molecule has 0 fully saturated rings. The third-order valence-corrected chi connectivity index (χ3v) is 3.22. The van der Waals surface area contributed by atoms with E-state index >= 15 is 0 Å². The number of ether oxygens (including phenoxy) is 1. The molecular weight excluding hydrogens is 200 g/mol. The summed E-state index contributed by atoms with van der Waals surface area (Å²) >= 11 is 0. The third kappa shape index (κ3) is 2.14. The Bertz CT molecular complexity index is 365. The molecule has 0 bridgehead atoms. The predicted molar refractivity (Wildman–Crippen MR) is 67.2 cm³/mol. The average Bonchev–Trinajstić information content (AvgIpc) is 2.28. The second-order valence-electron chi connectivity index (χ2n) is 4.48. The number of likely N-dealkylation sites (N-methyl/N-ethyl adjacent to an activating group) is 1. The molecule has 3 nitrogen and oxygen atoms in total. The molecule has 1 aromatic carbocycles. The number of hydrogen-bond acceptors (Lipinski definition) is 3. The highest BCUT2D eigenvalue weighted by atomic mass is 16.5. The Hall–Kier alpha value is -1.22. The summed E-state index contributed by atoms with van der Waals surface area (Å²) in [5.41, 5.74) is 7.98. The predicted octanol–water partition coefficient (Wildman–Crippen LogP) is 1.93. The number of aryl methyl sites for hydroxylation is 1. The van der Waals surface area contributed by atoms with E-state index in [9.17, 15) is 0 Å². The summed E-state index contributed by atoms with van der Waals surface area (Å²) in [4.78, 5) is 2.31. The molecule has 0 radical (unpaired) electrons. The molecule has 1 atom stereocenters. The first kappa shape index (κ1) is 11.3. The van der Waals surface area contributed by atoms with Gasteiger partial charge in [-0.05, 0) is 44.0 Å². The van der Waals surface area contributed by atoms with E-state index in [-0.39, 0.29) is 0 Å². The summed E-state index contributed by atoms with van der Waals surface area (Å²) in [6, 6.07) is 6.83. The first-order valence-electron chi connectivity index (χ1n) is 5.88. The van der Waals surface area contributed by atoms with Crippen molar-refractivity contribution in [3.8, 4) is 5.75 Å². The van der Waals surface area contributed by atoms with Crippen LogP contribution in [0.2, 0.25) is 0 Å². The van der Waals surface area contributed by atoms with Gasteiger partial charge in [-0.1, -0.05) is 6.07 Å². The van der Waals surface area contributed by atoms with Gasteiger partial charge in [-0.15, -0.1) is 0 Å². The maximum Gasteiger partial charge on any atom is 0.142 e. The van der Waals surface area contributed by atoms with Crippen LogP contribution in [0.1, 0.15) is 18.4 Å². The van der Waals surface area contributed by atoms with Crippen molar-refractivity contribution in [3.05, 3.63) is 23.8 Å². The highest BCUT2D eigenvalue weighted by molar-refractivity contribution is 5.61. The van der Waals surface area contributed by atoms with Crippen LogP contribution in [0.4, 0.5) is 5.69 Å². The highest BCUT2D eigenvalue weighted by Gasteiger charge is 2.23. The van der Waals surface area contributed by atoms with Crippen LogP contribution in [0.3, 0.4) is 0 Å². The minimum Gasteiger partial charge on any atom is -0.489 e. The topological polar surface area (TPSA) is 38.5 Å². The molecule has 0 saturated carbocycles. The molecule has 0 aliphatic carbocycles. The van der Waals surface area contributed by atoms with Gasteiger partial charge in [0.25, 0.3) is 0 Å². The summed E-state index contributed by atoms with van der Waals surface area (Å²) < 4.78 is 5.80. The molecule has 2 rings (SSSR count). The summed E-state index contributed by atoms with van der Waals surface area (Å²) in [6.07, 6.45) is 2.15. The lowest BCUT2D eigenvalue weighted by atomic mass is 10.1. The van der Waals surface area contributed by atoms with Crippen molar-refractivity contribution in [2.24, 2.45) is 5.73 Å². The fourth-order valence-corrected chi connectivity index (χ4v) is 2.15. The van der Waals surface area contributed by atoms with Gasteiger partial charge in [0.05, 0.1) is 11.7 Å². The molecule has 1 aliphatic rings. The third-order valence-electron chi connectivity index (χ3n) is 3.22. The molecule has 1 heterocycles. The maximum absolute atomic E-state index is 5.80. The number of anilines is 1. The Balaban J connectivity index is 2.15. The normalized spacial score (nSPS) is 19.2. The first-order chi connectivity index (χ1) is 7.72. The van der Waals surface area contributed by atoms with E-state index in [1.165, 1.54) is 11.3 Å². The Morgan fingerprint density at radius 1 is 1.50 bits per heavy atom. The zero-order valence-electron chi connectivity index (χ0n) is 10.1. The van der Waals surface area contributed by atoms with E-state index in [1.807, 2.05) is 0 Å². The van der Waals surface area contributed by atoms with Crippen LogP contribution in [0.25, 0.3) is 0 Å². The molecule has 0 spiro atoms. The van der Waals surface area contributed by atoms with Gasteiger partial charge in [-0.3, -0.25) is 0 Å². The maximum atomic E-state index is 5.80.